The number of carbonyl (C=O) groups excluding carboxylic acids is 1. The van der Waals surface area contributed by atoms with Gasteiger partial charge in [-0.1, -0.05) is 101 Å². The second-order valence-electron chi connectivity index (χ2n) is 9.80. The lowest BCUT2D eigenvalue weighted by molar-refractivity contribution is -0.139. The maximum absolute atomic E-state index is 12.9. The van der Waals surface area contributed by atoms with Gasteiger partial charge in [-0.05, 0) is 54.1 Å². The van der Waals surface area contributed by atoms with E-state index in [1.807, 2.05) is 30.3 Å². The number of nitrogens with two attached hydrogens (primary N) is 1. The lowest BCUT2D eigenvalue weighted by Gasteiger charge is -2.10. The van der Waals surface area contributed by atoms with Crippen LogP contribution in [0.4, 0.5) is 0 Å². The van der Waals surface area contributed by atoms with Gasteiger partial charge in [0.25, 0.3) is 0 Å². The molecule has 0 amide bonds. The molecule has 2 N–H and O–H groups in total. The van der Waals surface area contributed by atoms with Gasteiger partial charge < -0.3 is 15.2 Å². The van der Waals surface area contributed by atoms with E-state index in [4.69, 9.17) is 15.2 Å². The van der Waals surface area contributed by atoms with E-state index in [1.54, 1.807) is 0 Å². The largest absolute Gasteiger partial charge is 0.494 e. The second-order valence-corrected chi connectivity index (χ2v) is 9.80. The number of rotatable bonds is 17. The molecule has 0 saturated carbocycles. The molecule has 0 fully saturated rings. The fourth-order valence-electron chi connectivity index (χ4n) is 4.57. The summed E-state index contributed by atoms with van der Waals surface area (Å²) >= 11 is 0. The molecule has 0 aromatic heterocycles. The number of allylic oxidation sites excluding steroid dienone is 1. The molecule has 0 heterocycles. The Hall–Kier alpha value is -2.59. The second kappa shape index (κ2) is 14.7. The van der Waals surface area contributed by atoms with Crippen molar-refractivity contribution in [3.8, 4) is 5.75 Å². The molecule has 0 aliphatic heterocycles. The van der Waals surface area contributed by atoms with Gasteiger partial charge in [-0.3, -0.25) is 0 Å². The topological polar surface area (TPSA) is 61.5 Å². The van der Waals surface area contributed by atoms with Crippen molar-refractivity contribution in [2.24, 2.45) is 11.7 Å². The highest BCUT2D eigenvalue weighted by atomic mass is 16.5. The van der Waals surface area contributed by atoms with Crippen molar-refractivity contribution in [2.75, 3.05) is 19.8 Å². The summed E-state index contributed by atoms with van der Waals surface area (Å²) in [5.41, 5.74) is 9.64. The van der Waals surface area contributed by atoms with E-state index in [1.165, 1.54) is 44.9 Å². The van der Waals surface area contributed by atoms with E-state index in [-0.39, 0.29) is 17.8 Å². The van der Waals surface area contributed by atoms with Gasteiger partial charge in [0.05, 0.1) is 18.8 Å². The first-order valence-electron chi connectivity index (χ1n) is 13.5. The monoisotopic (exact) mass is 477 g/mol. The SMILES string of the molecule is CCCCCCCCCCOc1ccc(C2C(C(=O)OCC(C)CCN)=C2c2ccccc2)cc1. The number of carbonyl (C=O) groups is 1. The van der Waals surface area contributed by atoms with E-state index in [2.05, 4.69) is 38.1 Å². The summed E-state index contributed by atoms with van der Waals surface area (Å²) in [6.07, 6.45) is 11.2. The molecule has 4 heteroatoms. The Morgan fingerprint density at radius 2 is 1.57 bits per heavy atom. The van der Waals surface area contributed by atoms with Crippen LogP contribution in [0.15, 0.2) is 60.2 Å². The number of benzene rings is 2. The Morgan fingerprint density at radius 3 is 2.23 bits per heavy atom. The quantitative estimate of drug-likeness (QED) is 0.192. The van der Waals surface area contributed by atoms with Crippen LogP contribution in [0.1, 0.15) is 88.7 Å². The van der Waals surface area contributed by atoms with E-state index >= 15 is 0 Å². The normalized spacial score (nSPS) is 15.7. The lowest BCUT2D eigenvalue weighted by Crippen LogP contribution is -2.15. The summed E-state index contributed by atoms with van der Waals surface area (Å²) in [5, 5.41) is 0. The molecular weight excluding hydrogens is 434 g/mol. The molecule has 0 radical (unpaired) electrons. The van der Waals surface area contributed by atoms with Crippen molar-refractivity contribution >= 4 is 11.5 Å². The van der Waals surface area contributed by atoms with Gasteiger partial charge in [0.2, 0.25) is 0 Å². The molecule has 2 aromatic rings. The third-order valence-corrected chi connectivity index (χ3v) is 6.73. The van der Waals surface area contributed by atoms with Gasteiger partial charge in [0, 0.05) is 5.92 Å². The fourth-order valence-corrected chi connectivity index (χ4v) is 4.57. The number of unbranched alkanes of at least 4 members (excludes halogenated alkanes) is 7. The fraction of sp³-hybridized carbons (Fsp3) is 0.516. The van der Waals surface area contributed by atoms with Crippen LogP contribution in [-0.2, 0) is 9.53 Å². The van der Waals surface area contributed by atoms with Gasteiger partial charge >= 0.3 is 5.97 Å². The lowest BCUT2D eigenvalue weighted by atomic mass is 10.0. The smallest absolute Gasteiger partial charge is 0.335 e. The summed E-state index contributed by atoms with van der Waals surface area (Å²) in [5.74, 6) is 0.918. The molecule has 2 aromatic carbocycles. The molecule has 35 heavy (non-hydrogen) atoms. The minimum Gasteiger partial charge on any atom is -0.494 e. The molecule has 0 spiro atoms. The Balaban J connectivity index is 1.51. The molecule has 0 saturated heterocycles. The van der Waals surface area contributed by atoms with E-state index < -0.39 is 0 Å². The Kier molecular flexibility index (Phi) is 11.4. The van der Waals surface area contributed by atoms with Crippen molar-refractivity contribution in [2.45, 2.75) is 77.6 Å². The third-order valence-electron chi connectivity index (χ3n) is 6.73. The van der Waals surface area contributed by atoms with Gasteiger partial charge in [-0.2, -0.15) is 0 Å². The highest BCUT2D eigenvalue weighted by Crippen LogP contribution is 2.54. The average molecular weight is 478 g/mol. The first kappa shape index (κ1) is 27.0. The first-order chi connectivity index (χ1) is 17.2. The van der Waals surface area contributed by atoms with Gasteiger partial charge in [0.1, 0.15) is 5.75 Å². The number of hydrogen-bond acceptors (Lipinski definition) is 4. The maximum Gasteiger partial charge on any atom is 0.335 e. The van der Waals surface area contributed by atoms with Gasteiger partial charge in [-0.15, -0.1) is 0 Å². The maximum atomic E-state index is 12.9. The zero-order chi connectivity index (χ0) is 24.9. The van der Waals surface area contributed by atoms with Crippen LogP contribution in [0.2, 0.25) is 0 Å². The average Bonchev–Trinajstić information content (AvgIpc) is 3.63. The van der Waals surface area contributed by atoms with Crippen LogP contribution >= 0.6 is 0 Å². The van der Waals surface area contributed by atoms with E-state index in [0.29, 0.717) is 13.2 Å². The Bertz CT molecular complexity index is 920. The third kappa shape index (κ3) is 8.54. The van der Waals surface area contributed by atoms with Crippen molar-refractivity contribution in [3.05, 3.63) is 71.3 Å². The van der Waals surface area contributed by atoms with E-state index in [9.17, 15) is 4.79 Å². The Labute approximate surface area is 211 Å². The van der Waals surface area contributed by atoms with Crippen LogP contribution in [0, 0.1) is 5.92 Å². The summed E-state index contributed by atoms with van der Waals surface area (Å²) in [6, 6.07) is 18.3. The standard InChI is InChI=1S/C31H43NO3/c1-3-4-5-6-7-8-9-13-22-34-27-18-16-26(17-19-27)29-28(25-14-11-10-12-15-25)30(29)31(33)35-23-24(2)20-21-32/h10-12,14-19,24,29H,3-9,13,20-23,32H2,1-2H3. The number of esters is 1. The highest BCUT2D eigenvalue weighted by molar-refractivity contribution is 6.13. The van der Waals surface area contributed by atoms with Crippen molar-refractivity contribution in [1.29, 1.82) is 0 Å². The van der Waals surface area contributed by atoms with Crippen LogP contribution in [0.3, 0.4) is 0 Å². The molecule has 1 aliphatic rings. The number of hydrogen-bond donors (Lipinski definition) is 1. The zero-order valence-corrected chi connectivity index (χ0v) is 21.6. The summed E-state index contributed by atoms with van der Waals surface area (Å²) in [6.45, 7) is 6.08. The molecular formula is C31H43NO3. The minimum atomic E-state index is -0.215. The predicted octanol–water partition coefficient (Wildman–Crippen LogP) is 7.29. The minimum absolute atomic E-state index is 0.0172. The van der Waals surface area contributed by atoms with Gasteiger partial charge in [0.15, 0.2) is 0 Å². The van der Waals surface area contributed by atoms with Gasteiger partial charge in [-0.25, -0.2) is 4.79 Å². The summed E-state index contributed by atoms with van der Waals surface area (Å²) in [4.78, 5) is 12.9. The first-order valence-corrected chi connectivity index (χ1v) is 13.5. The molecule has 3 rings (SSSR count). The predicted molar refractivity (Wildman–Crippen MR) is 144 cm³/mol. The molecule has 2 atom stereocenters. The molecule has 1 aliphatic carbocycles. The zero-order valence-electron chi connectivity index (χ0n) is 21.6. The molecule has 4 nitrogen and oxygen atoms in total. The van der Waals surface area contributed by atoms with Crippen LogP contribution in [0.5, 0.6) is 5.75 Å². The van der Waals surface area contributed by atoms with Crippen molar-refractivity contribution in [3.63, 3.8) is 0 Å². The molecule has 0 bridgehead atoms. The van der Waals surface area contributed by atoms with Crippen molar-refractivity contribution < 1.29 is 14.3 Å². The summed E-state index contributed by atoms with van der Waals surface area (Å²) in [7, 11) is 0. The van der Waals surface area contributed by atoms with Crippen LogP contribution in [-0.4, -0.2) is 25.7 Å². The number of ether oxygens (including phenoxy) is 2. The molecule has 190 valence electrons. The summed E-state index contributed by atoms with van der Waals surface area (Å²) < 4.78 is 11.6. The van der Waals surface area contributed by atoms with E-state index in [0.717, 1.165) is 47.5 Å². The van der Waals surface area contributed by atoms with Crippen molar-refractivity contribution in [1.82, 2.24) is 0 Å². The highest BCUT2D eigenvalue weighted by Gasteiger charge is 2.44. The Morgan fingerprint density at radius 1 is 0.914 bits per heavy atom. The van der Waals surface area contributed by atoms with Crippen LogP contribution < -0.4 is 10.5 Å². The van der Waals surface area contributed by atoms with Crippen LogP contribution in [0.25, 0.3) is 5.57 Å². The molecule has 2 unspecified atom stereocenters.